The van der Waals surface area contributed by atoms with Crippen molar-refractivity contribution in [1.82, 2.24) is 15.1 Å². The lowest BCUT2D eigenvalue weighted by Gasteiger charge is -2.10. The average Bonchev–Trinajstić information content (AvgIpc) is 2.93. The Bertz CT molecular complexity index is 531. The zero-order chi connectivity index (χ0) is 15.1. The molecule has 0 aliphatic rings. The minimum atomic E-state index is 0.667. The molecule has 4 heteroatoms. The third-order valence-electron chi connectivity index (χ3n) is 3.43. The first-order valence-electron chi connectivity index (χ1n) is 7.53. The Morgan fingerprint density at radius 1 is 1.19 bits per heavy atom. The second-order valence-corrected chi connectivity index (χ2v) is 5.67. The van der Waals surface area contributed by atoms with E-state index in [2.05, 4.69) is 47.1 Å². The molecule has 2 rings (SSSR count). The summed E-state index contributed by atoms with van der Waals surface area (Å²) in [4.78, 5) is 0. The molecule has 0 amide bonds. The Balaban J connectivity index is 1.86. The fraction of sp³-hybridized carbons (Fsp3) is 0.471. The van der Waals surface area contributed by atoms with Crippen molar-refractivity contribution in [3.8, 4) is 5.75 Å². The van der Waals surface area contributed by atoms with Gasteiger partial charge in [0.25, 0.3) is 0 Å². The van der Waals surface area contributed by atoms with Gasteiger partial charge in [-0.05, 0) is 42.6 Å². The van der Waals surface area contributed by atoms with Crippen molar-refractivity contribution < 1.29 is 4.74 Å². The smallest absolute Gasteiger partial charge is 0.118 e. The standard InChI is InChI=1S/C17H25N3O/c1-14(2)12-18-13-16-8-10-19-20(16)11-9-15-4-6-17(21-3)7-5-15/h4-8,10,14,18H,9,11-13H2,1-3H3. The van der Waals surface area contributed by atoms with Crippen LogP contribution in [0.4, 0.5) is 0 Å². The van der Waals surface area contributed by atoms with Crippen LogP contribution in [-0.2, 0) is 19.5 Å². The van der Waals surface area contributed by atoms with Crippen LogP contribution in [0.3, 0.4) is 0 Å². The first-order valence-corrected chi connectivity index (χ1v) is 7.53. The van der Waals surface area contributed by atoms with Gasteiger partial charge in [0.1, 0.15) is 5.75 Å². The van der Waals surface area contributed by atoms with E-state index in [1.165, 1.54) is 11.3 Å². The van der Waals surface area contributed by atoms with Crippen LogP contribution in [0.5, 0.6) is 5.75 Å². The molecule has 21 heavy (non-hydrogen) atoms. The maximum Gasteiger partial charge on any atom is 0.118 e. The lowest BCUT2D eigenvalue weighted by molar-refractivity contribution is 0.414. The summed E-state index contributed by atoms with van der Waals surface area (Å²) in [7, 11) is 1.69. The summed E-state index contributed by atoms with van der Waals surface area (Å²) >= 11 is 0. The maximum absolute atomic E-state index is 5.18. The molecule has 1 aromatic carbocycles. The zero-order valence-corrected chi connectivity index (χ0v) is 13.2. The van der Waals surface area contributed by atoms with E-state index in [-0.39, 0.29) is 0 Å². The molecule has 1 aromatic heterocycles. The van der Waals surface area contributed by atoms with Gasteiger partial charge in [0.05, 0.1) is 12.8 Å². The van der Waals surface area contributed by atoms with Gasteiger partial charge in [-0.2, -0.15) is 5.10 Å². The van der Waals surface area contributed by atoms with Crippen LogP contribution in [0.15, 0.2) is 36.5 Å². The number of nitrogens with one attached hydrogen (secondary N) is 1. The minimum absolute atomic E-state index is 0.667. The van der Waals surface area contributed by atoms with Gasteiger partial charge in [-0.3, -0.25) is 4.68 Å². The maximum atomic E-state index is 5.18. The second kappa shape index (κ2) is 7.84. The number of methoxy groups -OCH3 is 1. The first kappa shape index (κ1) is 15.6. The Morgan fingerprint density at radius 3 is 2.62 bits per heavy atom. The molecule has 4 nitrogen and oxygen atoms in total. The van der Waals surface area contributed by atoms with E-state index in [9.17, 15) is 0 Å². The monoisotopic (exact) mass is 287 g/mol. The molecule has 1 N–H and O–H groups in total. The molecule has 1 heterocycles. The fourth-order valence-corrected chi connectivity index (χ4v) is 2.23. The number of aryl methyl sites for hydroxylation is 2. The molecule has 0 atom stereocenters. The minimum Gasteiger partial charge on any atom is -0.497 e. The van der Waals surface area contributed by atoms with Crippen molar-refractivity contribution in [2.75, 3.05) is 13.7 Å². The van der Waals surface area contributed by atoms with Crippen molar-refractivity contribution in [1.29, 1.82) is 0 Å². The Hall–Kier alpha value is -1.81. The SMILES string of the molecule is COc1ccc(CCn2nccc2CNCC(C)C)cc1. The molecule has 0 aliphatic carbocycles. The molecule has 0 fully saturated rings. The quantitative estimate of drug-likeness (QED) is 0.811. The van der Waals surface area contributed by atoms with Gasteiger partial charge in [0.15, 0.2) is 0 Å². The van der Waals surface area contributed by atoms with Crippen LogP contribution in [0.25, 0.3) is 0 Å². The highest BCUT2D eigenvalue weighted by molar-refractivity contribution is 5.27. The Morgan fingerprint density at radius 2 is 1.95 bits per heavy atom. The summed E-state index contributed by atoms with van der Waals surface area (Å²) in [5.41, 5.74) is 2.54. The van der Waals surface area contributed by atoms with Crippen molar-refractivity contribution in [3.63, 3.8) is 0 Å². The van der Waals surface area contributed by atoms with Crippen LogP contribution in [0.2, 0.25) is 0 Å². The number of hydrogen-bond acceptors (Lipinski definition) is 3. The largest absolute Gasteiger partial charge is 0.497 e. The number of nitrogens with zero attached hydrogens (tertiary/aromatic N) is 2. The predicted octanol–water partition coefficient (Wildman–Crippen LogP) is 2.88. The van der Waals surface area contributed by atoms with Crippen molar-refractivity contribution in [2.24, 2.45) is 5.92 Å². The van der Waals surface area contributed by atoms with Crippen molar-refractivity contribution in [3.05, 3.63) is 47.8 Å². The second-order valence-electron chi connectivity index (χ2n) is 5.67. The molecule has 0 aliphatic heterocycles. The first-order chi connectivity index (χ1) is 10.2. The van der Waals surface area contributed by atoms with Crippen LogP contribution in [-0.4, -0.2) is 23.4 Å². The van der Waals surface area contributed by atoms with Gasteiger partial charge in [-0.15, -0.1) is 0 Å². The number of rotatable bonds is 8. The van der Waals surface area contributed by atoms with Gasteiger partial charge in [-0.25, -0.2) is 0 Å². The van der Waals surface area contributed by atoms with E-state index < -0.39 is 0 Å². The molecule has 0 saturated carbocycles. The summed E-state index contributed by atoms with van der Waals surface area (Å²) in [5, 5.41) is 7.88. The van der Waals surface area contributed by atoms with Crippen LogP contribution in [0.1, 0.15) is 25.1 Å². The predicted molar refractivity (Wildman–Crippen MR) is 85.5 cm³/mol. The van der Waals surface area contributed by atoms with Gasteiger partial charge in [0, 0.05) is 19.3 Å². The van der Waals surface area contributed by atoms with Gasteiger partial charge < -0.3 is 10.1 Å². The van der Waals surface area contributed by atoms with E-state index in [1.54, 1.807) is 7.11 Å². The van der Waals surface area contributed by atoms with Gasteiger partial charge >= 0.3 is 0 Å². The third-order valence-corrected chi connectivity index (χ3v) is 3.43. The molecule has 0 bridgehead atoms. The number of benzene rings is 1. The van der Waals surface area contributed by atoms with Crippen LogP contribution >= 0.6 is 0 Å². The van der Waals surface area contributed by atoms with E-state index in [4.69, 9.17) is 4.74 Å². The zero-order valence-electron chi connectivity index (χ0n) is 13.2. The fourth-order valence-electron chi connectivity index (χ4n) is 2.23. The van der Waals surface area contributed by atoms with E-state index >= 15 is 0 Å². The summed E-state index contributed by atoms with van der Waals surface area (Å²) in [6, 6.07) is 10.3. The highest BCUT2D eigenvalue weighted by Crippen LogP contribution is 2.12. The van der Waals surface area contributed by atoms with E-state index in [0.29, 0.717) is 5.92 Å². The molecular weight excluding hydrogens is 262 g/mol. The molecular formula is C17H25N3O. The van der Waals surface area contributed by atoms with Gasteiger partial charge in [0.2, 0.25) is 0 Å². The average molecular weight is 287 g/mol. The van der Waals surface area contributed by atoms with Crippen molar-refractivity contribution in [2.45, 2.75) is 33.4 Å². The normalized spacial score (nSPS) is 11.0. The van der Waals surface area contributed by atoms with E-state index in [0.717, 1.165) is 31.8 Å². The lowest BCUT2D eigenvalue weighted by Crippen LogP contribution is -2.21. The molecule has 2 aromatic rings. The van der Waals surface area contributed by atoms with E-state index in [1.807, 2.05) is 18.3 Å². The topological polar surface area (TPSA) is 39.1 Å². The Kier molecular flexibility index (Phi) is 5.81. The summed E-state index contributed by atoms with van der Waals surface area (Å²) in [6.45, 7) is 7.24. The molecule has 0 saturated heterocycles. The van der Waals surface area contributed by atoms with Gasteiger partial charge in [-0.1, -0.05) is 26.0 Å². The highest BCUT2D eigenvalue weighted by atomic mass is 16.5. The number of aromatic nitrogens is 2. The highest BCUT2D eigenvalue weighted by Gasteiger charge is 2.03. The molecule has 0 unspecified atom stereocenters. The molecule has 0 spiro atoms. The Labute approximate surface area is 127 Å². The molecule has 0 radical (unpaired) electrons. The summed E-state index contributed by atoms with van der Waals surface area (Å²) in [5.74, 6) is 1.57. The lowest BCUT2D eigenvalue weighted by atomic mass is 10.1. The number of hydrogen-bond donors (Lipinski definition) is 1. The van der Waals surface area contributed by atoms with Crippen LogP contribution < -0.4 is 10.1 Å². The summed E-state index contributed by atoms with van der Waals surface area (Å²) < 4.78 is 7.26. The summed E-state index contributed by atoms with van der Waals surface area (Å²) in [6.07, 6.45) is 2.85. The third kappa shape index (κ3) is 4.90. The number of ether oxygens (including phenoxy) is 1. The molecule has 114 valence electrons. The van der Waals surface area contributed by atoms with Crippen molar-refractivity contribution >= 4 is 0 Å². The van der Waals surface area contributed by atoms with Crippen LogP contribution in [0, 0.1) is 5.92 Å².